The molecule has 0 spiro atoms. The van der Waals surface area contributed by atoms with Crippen molar-refractivity contribution in [1.82, 2.24) is 0 Å². The van der Waals surface area contributed by atoms with Gasteiger partial charge < -0.3 is 20.1 Å². The van der Waals surface area contributed by atoms with E-state index in [0.717, 1.165) is 0 Å². The van der Waals surface area contributed by atoms with Gasteiger partial charge in [0.25, 0.3) is 0 Å². The van der Waals surface area contributed by atoms with Crippen molar-refractivity contribution in [3.63, 3.8) is 0 Å². The zero-order valence-corrected chi connectivity index (χ0v) is 10.6. The summed E-state index contributed by atoms with van der Waals surface area (Å²) in [7, 11) is 4.71. The maximum absolute atomic E-state index is 11.1. The Morgan fingerprint density at radius 1 is 1.33 bits per heavy atom. The van der Waals surface area contributed by atoms with Crippen LogP contribution >= 0.6 is 0 Å². The van der Waals surface area contributed by atoms with Gasteiger partial charge in [-0.3, -0.25) is 10.1 Å². The van der Waals surface area contributed by atoms with Gasteiger partial charge in [-0.1, -0.05) is 0 Å². The number of hydrogen-bond acceptors (Lipinski definition) is 6. The van der Waals surface area contributed by atoms with E-state index in [2.05, 4.69) is 10.6 Å². The number of methoxy groups -OCH3 is 2. The molecule has 100 valence electrons. The highest BCUT2D eigenvalue weighted by Gasteiger charge is 2.20. The summed E-state index contributed by atoms with van der Waals surface area (Å²) in [5.74, 6) is 0.546. The minimum Gasteiger partial charge on any atom is -0.497 e. The molecular weight excluding hydrogens is 238 g/mol. The van der Waals surface area contributed by atoms with E-state index in [-0.39, 0.29) is 5.69 Å². The zero-order valence-electron chi connectivity index (χ0n) is 10.6. The molecule has 0 aliphatic carbocycles. The van der Waals surface area contributed by atoms with Crippen molar-refractivity contribution in [3.8, 4) is 5.75 Å². The van der Waals surface area contributed by atoms with E-state index in [1.165, 1.54) is 7.11 Å². The Morgan fingerprint density at radius 3 is 2.50 bits per heavy atom. The van der Waals surface area contributed by atoms with Gasteiger partial charge in [-0.25, -0.2) is 0 Å². The average molecular weight is 255 g/mol. The van der Waals surface area contributed by atoms with Crippen LogP contribution in [0.1, 0.15) is 0 Å². The molecule has 2 N–H and O–H groups in total. The molecule has 18 heavy (non-hydrogen) atoms. The van der Waals surface area contributed by atoms with Gasteiger partial charge in [0.05, 0.1) is 18.6 Å². The number of nitrogens with zero attached hydrogens (tertiary/aromatic N) is 1. The molecule has 0 fully saturated rings. The molecule has 0 amide bonds. The van der Waals surface area contributed by atoms with Gasteiger partial charge in [-0.15, -0.1) is 0 Å². The number of nitro groups is 1. The van der Waals surface area contributed by atoms with E-state index in [4.69, 9.17) is 9.47 Å². The van der Waals surface area contributed by atoms with Crippen LogP contribution in [0.3, 0.4) is 0 Å². The lowest BCUT2D eigenvalue weighted by molar-refractivity contribution is -0.383. The molecule has 1 rings (SSSR count). The van der Waals surface area contributed by atoms with Crippen LogP contribution in [0, 0.1) is 10.1 Å². The lowest BCUT2D eigenvalue weighted by Crippen LogP contribution is -2.10. The van der Waals surface area contributed by atoms with Crippen LogP contribution in [0.15, 0.2) is 12.1 Å². The van der Waals surface area contributed by atoms with Crippen molar-refractivity contribution in [2.45, 2.75) is 0 Å². The van der Waals surface area contributed by atoms with Crippen molar-refractivity contribution in [3.05, 3.63) is 22.2 Å². The van der Waals surface area contributed by atoms with E-state index in [0.29, 0.717) is 30.3 Å². The molecule has 1 aromatic carbocycles. The lowest BCUT2D eigenvalue weighted by Gasteiger charge is -2.12. The number of benzene rings is 1. The van der Waals surface area contributed by atoms with Crippen LogP contribution in [0.25, 0.3) is 0 Å². The Balaban J connectivity index is 3.13. The molecule has 0 unspecified atom stereocenters. The topological polar surface area (TPSA) is 85.7 Å². The molecule has 0 aliphatic rings. The second-order valence-corrected chi connectivity index (χ2v) is 3.50. The number of nitrogens with one attached hydrogen (secondary N) is 2. The summed E-state index contributed by atoms with van der Waals surface area (Å²) < 4.78 is 10.0. The molecule has 1 aromatic rings. The highest BCUT2D eigenvalue weighted by Crippen LogP contribution is 2.36. The van der Waals surface area contributed by atoms with Gasteiger partial charge in [-0.2, -0.15) is 0 Å². The smallest absolute Gasteiger partial charge is 0.315 e. The fourth-order valence-corrected chi connectivity index (χ4v) is 1.54. The van der Waals surface area contributed by atoms with E-state index >= 15 is 0 Å². The molecule has 0 aromatic heterocycles. The van der Waals surface area contributed by atoms with Gasteiger partial charge in [-0.05, 0) is 0 Å². The van der Waals surface area contributed by atoms with E-state index < -0.39 is 4.92 Å². The summed E-state index contributed by atoms with van der Waals surface area (Å²) >= 11 is 0. The largest absolute Gasteiger partial charge is 0.497 e. The Labute approximate surface area is 105 Å². The molecule has 0 heterocycles. The quantitative estimate of drug-likeness (QED) is 0.438. The third kappa shape index (κ3) is 3.24. The first-order valence-corrected chi connectivity index (χ1v) is 5.41. The molecule has 7 heteroatoms. The van der Waals surface area contributed by atoms with Crippen molar-refractivity contribution in [2.75, 3.05) is 45.1 Å². The first kappa shape index (κ1) is 14.0. The number of ether oxygens (including phenoxy) is 2. The molecular formula is C11H17N3O4. The van der Waals surface area contributed by atoms with Gasteiger partial charge in [0.15, 0.2) is 0 Å². The SMILES string of the molecule is CNc1cc(OC)cc(NCCOC)c1[N+](=O)[O-]. The highest BCUT2D eigenvalue weighted by molar-refractivity contribution is 5.78. The fourth-order valence-electron chi connectivity index (χ4n) is 1.54. The molecule has 0 aliphatic heterocycles. The maximum Gasteiger partial charge on any atom is 0.315 e. The summed E-state index contributed by atoms with van der Waals surface area (Å²) in [4.78, 5) is 10.7. The summed E-state index contributed by atoms with van der Waals surface area (Å²) in [6.45, 7) is 0.941. The summed E-state index contributed by atoms with van der Waals surface area (Å²) in [6.07, 6.45) is 0. The third-order valence-electron chi connectivity index (χ3n) is 2.39. The predicted octanol–water partition coefficient (Wildman–Crippen LogP) is 1.70. The van der Waals surface area contributed by atoms with Crippen LogP contribution < -0.4 is 15.4 Å². The van der Waals surface area contributed by atoms with E-state index in [9.17, 15) is 10.1 Å². The van der Waals surface area contributed by atoms with Gasteiger partial charge in [0.2, 0.25) is 0 Å². The van der Waals surface area contributed by atoms with E-state index in [1.54, 1.807) is 26.3 Å². The second-order valence-electron chi connectivity index (χ2n) is 3.50. The molecule has 0 bridgehead atoms. The summed E-state index contributed by atoms with van der Waals surface area (Å²) in [6, 6.07) is 3.17. The normalized spacial score (nSPS) is 9.94. The van der Waals surface area contributed by atoms with Gasteiger partial charge in [0.1, 0.15) is 17.1 Å². The van der Waals surface area contributed by atoms with Crippen LogP contribution in [-0.4, -0.2) is 39.3 Å². The van der Waals surface area contributed by atoms with Crippen molar-refractivity contribution >= 4 is 17.1 Å². The Bertz CT molecular complexity index is 423. The van der Waals surface area contributed by atoms with Crippen molar-refractivity contribution in [1.29, 1.82) is 0 Å². The first-order chi connectivity index (χ1) is 8.63. The lowest BCUT2D eigenvalue weighted by atomic mass is 10.2. The number of anilines is 2. The predicted molar refractivity (Wildman–Crippen MR) is 69.6 cm³/mol. The number of rotatable bonds is 7. The van der Waals surface area contributed by atoms with Crippen LogP contribution in [0.4, 0.5) is 17.1 Å². The third-order valence-corrected chi connectivity index (χ3v) is 2.39. The average Bonchev–Trinajstić information content (AvgIpc) is 2.37. The van der Waals surface area contributed by atoms with Crippen molar-refractivity contribution in [2.24, 2.45) is 0 Å². The monoisotopic (exact) mass is 255 g/mol. The summed E-state index contributed by atoms with van der Waals surface area (Å²) in [5.41, 5.74) is 0.800. The molecule has 0 saturated heterocycles. The van der Waals surface area contributed by atoms with Gasteiger partial charge >= 0.3 is 5.69 Å². The van der Waals surface area contributed by atoms with Crippen LogP contribution in [0.2, 0.25) is 0 Å². The van der Waals surface area contributed by atoms with E-state index in [1.807, 2.05) is 0 Å². The highest BCUT2D eigenvalue weighted by atomic mass is 16.6. The fraction of sp³-hybridized carbons (Fsp3) is 0.455. The minimum absolute atomic E-state index is 0.00518. The summed E-state index contributed by atoms with van der Waals surface area (Å²) in [5, 5.41) is 16.8. The first-order valence-electron chi connectivity index (χ1n) is 5.41. The van der Waals surface area contributed by atoms with Crippen LogP contribution in [0.5, 0.6) is 5.75 Å². The maximum atomic E-state index is 11.1. The van der Waals surface area contributed by atoms with Crippen molar-refractivity contribution < 1.29 is 14.4 Å². The van der Waals surface area contributed by atoms with Crippen LogP contribution in [-0.2, 0) is 4.74 Å². The Morgan fingerprint density at radius 2 is 2.00 bits per heavy atom. The van der Waals surface area contributed by atoms with Gasteiger partial charge in [0, 0.05) is 32.8 Å². The minimum atomic E-state index is -0.430. The Hall–Kier alpha value is -2.02. The number of nitro benzene ring substituents is 1. The Kier molecular flexibility index (Phi) is 5.19. The molecule has 0 saturated carbocycles. The molecule has 0 radical (unpaired) electrons. The number of hydrogen-bond donors (Lipinski definition) is 2. The molecule has 0 atom stereocenters. The standard InChI is InChI=1S/C11H17N3O4/c1-12-9-6-8(18-3)7-10(11(9)14(15)16)13-4-5-17-2/h6-7,12-13H,4-5H2,1-3H3. The molecule has 7 nitrogen and oxygen atoms in total. The second kappa shape index (κ2) is 6.65. The zero-order chi connectivity index (χ0) is 13.5.